The molecule has 0 saturated heterocycles. The molecule has 0 unspecified atom stereocenters. The molecule has 0 amide bonds. The summed E-state index contributed by atoms with van der Waals surface area (Å²) in [5, 5.41) is 0. The van der Waals surface area contributed by atoms with E-state index in [2.05, 4.69) is 0 Å². The van der Waals surface area contributed by atoms with Gasteiger partial charge in [0.2, 0.25) is 0 Å². The molecule has 0 aliphatic heterocycles. The van der Waals surface area contributed by atoms with E-state index >= 15 is 0 Å². The molecule has 1 aromatic rings. The zero-order chi connectivity index (χ0) is 8.85. The third-order valence-electron chi connectivity index (χ3n) is 1.19. The number of benzene rings is 1. The van der Waals surface area contributed by atoms with Crippen LogP contribution in [0, 0.1) is 19.7 Å². The van der Waals surface area contributed by atoms with Gasteiger partial charge in [0.15, 0.2) is 0 Å². The first-order valence-corrected chi connectivity index (χ1v) is 3.92. The number of aryl methyl sites for hydroxylation is 2. The van der Waals surface area contributed by atoms with E-state index in [4.69, 9.17) is 0 Å². The molecule has 0 N–H and O–H groups in total. The summed E-state index contributed by atoms with van der Waals surface area (Å²) in [6.07, 6.45) is 0. The van der Waals surface area contributed by atoms with Crippen LogP contribution < -0.4 is 0 Å². The van der Waals surface area contributed by atoms with Gasteiger partial charge in [-0.25, -0.2) is 4.39 Å². The molecule has 0 heterocycles. The molecule has 0 bridgehead atoms. The third-order valence-corrected chi connectivity index (χ3v) is 1.19. The first-order chi connectivity index (χ1) is 5.18. The Kier molecular flexibility index (Phi) is 4.51. The first kappa shape index (κ1) is 10.2. The maximum absolute atomic E-state index is 12.4. The Balaban J connectivity index is 0.000000461. The molecule has 62 valence electrons. The number of hydrogen-bond acceptors (Lipinski definition) is 0. The van der Waals surface area contributed by atoms with Gasteiger partial charge < -0.3 is 0 Å². The van der Waals surface area contributed by atoms with E-state index in [-0.39, 0.29) is 5.82 Å². The monoisotopic (exact) mass is 154 g/mol. The molecule has 0 saturated carbocycles. The van der Waals surface area contributed by atoms with Crippen molar-refractivity contribution in [2.75, 3.05) is 0 Å². The Bertz CT molecular complexity index is 166. The standard InChI is InChI=1S/C8H9F.C2H6/c1-6-3-7(2)5-8(9)4-6;1-2/h3-5H,1-2H3;1-2H3. The fourth-order valence-electron chi connectivity index (χ4n) is 0.919. The fourth-order valence-corrected chi connectivity index (χ4v) is 0.919. The van der Waals surface area contributed by atoms with Crippen LogP contribution in [0.25, 0.3) is 0 Å². The number of hydrogen-bond donors (Lipinski definition) is 0. The Labute approximate surface area is 68.1 Å². The molecule has 0 nitrogen and oxygen atoms in total. The van der Waals surface area contributed by atoms with E-state index in [1.54, 1.807) is 0 Å². The largest absolute Gasteiger partial charge is 0.207 e. The molecule has 1 heteroatoms. The zero-order valence-corrected chi connectivity index (χ0v) is 7.61. The van der Waals surface area contributed by atoms with Gasteiger partial charge in [-0.15, -0.1) is 0 Å². The molecule has 0 aliphatic rings. The molecule has 0 radical (unpaired) electrons. The van der Waals surface area contributed by atoms with Crippen molar-refractivity contribution in [2.24, 2.45) is 0 Å². The van der Waals surface area contributed by atoms with Crippen molar-refractivity contribution in [3.8, 4) is 0 Å². The van der Waals surface area contributed by atoms with Crippen LogP contribution in [0.2, 0.25) is 0 Å². The topological polar surface area (TPSA) is 0 Å². The lowest BCUT2D eigenvalue weighted by atomic mass is 10.2. The molecule has 0 aliphatic carbocycles. The van der Waals surface area contributed by atoms with Gasteiger partial charge in [-0.3, -0.25) is 0 Å². The minimum atomic E-state index is -0.146. The third kappa shape index (κ3) is 3.76. The van der Waals surface area contributed by atoms with Crippen LogP contribution in [0.3, 0.4) is 0 Å². The summed E-state index contributed by atoms with van der Waals surface area (Å²) in [6, 6.07) is 4.99. The smallest absolute Gasteiger partial charge is 0.123 e. The van der Waals surface area contributed by atoms with E-state index in [9.17, 15) is 4.39 Å². The molecule has 0 aromatic heterocycles. The van der Waals surface area contributed by atoms with Crippen LogP contribution in [0.4, 0.5) is 4.39 Å². The second-order valence-corrected chi connectivity index (χ2v) is 2.31. The van der Waals surface area contributed by atoms with Crippen LogP contribution in [0.1, 0.15) is 25.0 Å². The summed E-state index contributed by atoms with van der Waals surface area (Å²) >= 11 is 0. The van der Waals surface area contributed by atoms with Gasteiger partial charge in [-0.05, 0) is 37.1 Å². The lowest BCUT2D eigenvalue weighted by Gasteiger charge is -1.94. The van der Waals surface area contributed by atoms with Gasteiger partial charge in [0.1, 0.15) is 5.82 Å². The van der Waals surface area contributed by atoms with Crippen molar-refractivity contribution in [1.29, 1.82) is 0 Å². The average Bonchev–Trinajstić information content (AvgIpc) is 1.88. The molecular formula is C10H15F. The molecule has 1 rings (SSSR count). The SMILES string of the molecule is CC.Cc1cc(C)cc(F)c1. The highest BCUT2D eigenvalue weighted by Crippen LogP contribution is 2.05. The summed E-state index contributed by atoms with van der Waals surface area (Å²) in [5.41, 5.74) is 1.96. The molecule has 0 atom stereocenters. The van der Waals surface area contributed by atoms with Crippen LogP contribution >= 0.6 is 0 Å². The van der Waals surface area contributed by atoms with Crippen molar-refractivity contribution in [3.63, 3.8) is 0 Å². The van der Waals surface area contributed by atoms with Crippen LogP contribution in [0.5, 0.6) is 0 Å². The molecular weight excluding hydrogens is 139 g/mol. The van der Waals surface area contributed by atoms with E-state index in [0.717, 1.165) is 11.1 Å². The first-order valence-electron chi connectivity index (χ1n) is 3.92. The molecule has 1 aromatic carbocycles. The van der Waals surface area contributed by atoms with Crippen molar-refractivity contribution in [1.82, 2.24) is 0 Å². The van der Waals surface area contributed by atoms with Crippen LogP contribution in [-0.2, 0) is 0 Å². The van der Waals surface area contributed by atoms with Gasteiger partial charge >= 0.3 is 0 Å². The molecule has 0 spiro atoms. The lowest BCUT2D eigenvalue weighted by Crippen LogP contribution is -1.79. The predicted octanol–water partition coefficient (Wildman–Crippen LogP) is 3.47. The Hall–Kier alpha value is -0.850. The second-order valence-electron chi connectivity index (χ2n) is 2.31. The minimum Gasteiger partial charge on any atom is -0.207 e. The predicted molar refractivity (Wildman–Crippen MR) is 47.2 cm³/mol. The van der Waals surface area contributed by atoms with E-state index in [1.807, 2.05) is 33.8 Å². The summed E-state index contributed by atoms with van der Waals surface area (Å²) in [4.78, 5) is 0. The minimum absolute atomic E-state index is 0.146. The summed E-state index contributed by atoms with van der Waals surface area (Å²) in [5.74, 6) is -0.146. The number of halogens is 1. The van der Waals surface area contributed by atoms with Crippen LogP contribution in [-0.4, -0.2) is 0 Å². The van der Waals surface area contributed by atoms with Gasteiger partial charge in [-0.2, -0.15) is 0 Å². The van der Waals surface area contributed by atoms with Crippen molar-refractivity contribution in [2.45, 2.75) is 27.7 Å². The van der Waals surface area contributed by atoms with Gasteiger partial charge in [0.05, 0.1) is 0 Å². The summed E-state index contributed by atoms with van der Waals surface area (Å²) in [6.45, 7) is 7.77. The van der Waals surface area contributed by atoms with E-state index in [0.29, 0.717) is 0 Å². The van der Waals surface area contributed by atoms with Crippen molar-refractivity contribution < 1.29 is 4.39 Å². The molecule has 0 fully saturated rings. The highest BCUT2D eigenvalue weighted by atomic mass is 19.1. The fraction of sp³-hybridized carbons (Fsp3) is 0.400. The zero-order valence-electron chi connectivity index (χ0n) is 7.61. The van der Waals surface area contributed by atoms with Gasteiger partial charge in [-0.1, -0.05) is 19.9 Å². The van der Waals surface area contributed by atoms with Crippen LogP contribution in [0.15, 0.2) is 18.2 Å². The number of rotatable bonds is 0. The normalized spacial score (nSPS) is 8.45. The Morgan fingerprint density at radius 3 is 1.55 bits per heavy atom. The quantitative estimate of drug-likeness (QED) is 0.536. The second kappa shape index (κ2) is 4.89. The maximum atomic E-state index is 12.4. The summed E-state index contributed by atoms with van der Waals surface area (Å²) in [7, 11) is 0. The highest BCUT2D eigenvalue weighted by Gasteiger charge is 1.90. The Morgan fingerprint density at radius 2 is 1.27 bits per heavy atom. The van der Waals surface area contributed by atoms with Gasteiger partial charge in [0.25, 0.3) is 0 Å². The highest BCUT2D eigenvalue weighted by molar-refractivity contribution is 5.21. The average molecular weight is 154 g/mol. The van der Waals surface area contributed by atoms with E-state index in [1.165, 1.54) is 12.1 Å². The van der Waals surface area contributed by atoms with Crippen molar-refractivity contribution in [3.05, 3.63) is 35.1 Å². The summed E-state index contributed by atoms with van der Waals surface area (Å²) < 4.78 is 12.4. The molecule has 11 heavy (non-hydrogen) atoms. The lowest BCUT2D eigenvalue weighted by molar-refractivity contribution is 0.625. The Morgan fingerprint density at radius 1 is 0.909 bits per heavy atom. The van der Waals surface area contributed by atoms with E-state index < -0.39 is 0 Å². The maximum Gasteiger partial charge on any atom is 0.123 e. The van der Waals surface area contributed by atoms with Crippen molar-refractivity contribution >= 4 is 0 Å². The van der Waals surface area contributed by atoms with Gasteiger partial charge in [0, 0.05) is 0 Å².